The van der Waals surface area contributed by atoms with E-state index in [2.05, 4.69) is 10.6 Å². The number of hydrogen-bond donors (Lipinski definition) is 2. The quantitative estimate of drug-likeness (QED) is 0.701. The van der Waals surface area contributed by atoms with Crippen LogP contribution in [0.4, 0.5) is 0 Å². The van der Waals surface area contributed by atoms with Gasteiger partial charge in [0.2, 0.25) is 11.8 Å². The number of fused-ring (bicyclic) bond motifs is 3. The van der Waals surface area contributed by atoms with E-state index >= 15 is 0 Å². The first-order chi connectivity index (χ1) is 12.1. The van der Waals surface area contributed by atoms with Crippen LogP contribution >= 0.6 is 0 Å². The van der Waals surface area contributed by atoms with Gasteiger partial charge in [-0.2, -0.15) is 0 Å². The molecule has 1 aromatic carbocycles. The minimum absolute atomic E-state index is 0.151. The summed E-state index contributed by atoms with van der Waals surface area (Å²) in [4.78, 5) is 37.9. The number of ether oxygens (including phenoxy) is 1. The van der Waals surface area contributed by atoms with Gasteiger partial charge in [0.1, 0.15) is 11.8 Å². The van der Waals surface area contributed by atoms with E-state index in [0.717, 1.165) is 36.4 Å². The predicted octanol–water partition coefficient (Wildman–Crippen LogP) is -0.0279. The van der Waals surface area contributed by atoms with Gasteiger partial charge >= 0.3 is 0 Å². The van der Waals surface area contributed by atoms with Crippen LogP contribution in [0.3, 0.4) is 0 Å². The van der Waals surface area contributed by atoms with Gasteiger partial charge in [-0.15, -0.1) is 0 Å². The topological polar surface area (TPSA) is 87.7 Å². The summed E-state index contributed by atoms with van der Waals surface area (Å²) in [6.07, 6.45) is 1.60. The predicted molar refractivity (Wildman–Crippen MR) is 87.0 cm³/mol. The average molecular weight is 341 g/mol. The fourth-order valence-electron chi connectivity index (χ4n) is 4.37. The lowest BCUT2D eigenvalue weighted by molar-refractivity contribution is -0.136. The second-order valence-corrected chi connectivity index (χ2v) is 7.55. The van der Waals surface area contributed by atoms with Crippen molar-refractivity contribution in [1.82, 2.24) is 15.5 Å². The lowest BCUT2D eigenvalue weighted by Crippen LogP contribution is -2.59. The maximum Gasteiger partial charge on any atom is 0.255 e. The number of rotatable bonds is 1. The molecule has 4 aliphatic heterocycles. The van der Waals surface area contributed by atoms with Gasteiger partial charge in [0, 0.05) is 36.1 Å². The number of carbonyl (C=O) groups excluding carboxylic acids is 3. The van der Waals surface area contributed by atoms with Gasteiger partial charge in [0.15, 0.2) is 0 Å². The maximum absolute atomic E-state index is 12.8. The van der Waals surface area contributed by atoms with Crippen LogP contribution in [0.2, 0.25) is 0 Å². The Balaban J connectivity index is 1.45. The monoisotopic (exact) mass is 341 g/mol. The number of nitrogens with one attached hydrogen (secondary N) is 2. The first kappa shape index (κ1) is 14.9. The highest BCUT2D eigenvalue weighted by Gasteiger charge is 2.45. The molecule has 4 heterocycles. The number of benzene rings is 1. The van der Waals surface area contributed by atoms with Gasteiger partial charge in [-0.25, -0.2) is 0 Å². The third kappa shape index (κ3) is 2.12. The van der Waals surface area contributed by atoms with Gasteiger partial charge in [-0.05, 0) is 24.5 Å². The molecule has 130 valence electrons. The summed E-state index contributed by atoms with van der Waals surface area (Å²) in [6.45, 7) is 2.96. The van der Waals surface area contributed by atoms with Crippen molar-refractivity contribution in [2.45, 2.75) is 31.8 Å². The van der Waals surface area contributed by atoms with E-state index in [0.29, 0.717) is 25.1 Å². The van der Waals surface area contributed by atoms with E-state index in [9.17, 15) is 14.4 Å². The standard InChI is InChI=1S/C18H19N3O4/c22-14-4-3-13(16(23)20-14)21-6-12-11(17(21)24)2-1-10-5-18(7-19-8-18)9-25-15(10)12/h1-2,13,19H,3-9H2,(H,20,22,23)/t13-/m0/s1. The average Bonchev–Trinajstić information content (AvgIpc) is 2.90. The van der Waals surface area contributed by atoms with Crippen LogP contribution in [-0.4, -0.2) is 48.4 Å². The van der Waals surface area contributed by atoms with Crippen molar-refractivity contribution in [3.8, 4) is 5.75 Å². The third-order valence-electron chi connectivity index (χ3n) is 5.84. The van der Waals surface area contributed by atoms with Crippen molar-refractivity contribution in [3.63, 3.8) is 0 Å². The van der Waals surface area contributed by atoms with Crippen LogP contribution in [0.15, 0.2) is 12.1 Å². The molecule has 1 spiro atoms. The molecule has 2 fully saturated rings. The highest BCUT2D eigenvalue weighted by atomic mass is 16.5. The Morgan fingerprint density at radius 2 is 2.04 bits per heavy atom. The molecular formula is C18H19N3O4. The van der Waals surface area contributed by atoms with Gasteiger partial charge in [-0.3, -0.25) is 19.7 Å². The molecule has 2 N–H and O–H groups in total. The Morgan fingerprint density at radius 3 is 2.76 bits per heavy atom. The number of amides is 3. The zero-order valence-electron chi connectivity index (χ0n) is 13.8. The maximum atomic E-state index is 12.8. The lowest BCUT2D eigenvalue weighted by atomic mass is 9.75. The van der Waals surface area contributed by atoms with Gasteiger partial charge in [0.05, 0.1) is 13.2 Å². The highest BCUT2D eigenvalue weighted by Crippen LogP contribution is 2.43. The normalized spacial score (nSPS) is 26.6. The molecule has 2 saturated heterocycles. The molecule has 0 saturated carbocycles. The summed E-state index contributed by atoms with van der Waals surface area (Å²) in [5.41, 5.74) is 2.83. The number of nitrogens with zero attached hydrogens (tertiary/aromatic N) is 1. The van der Waals surface area contributed by atoms with Crippen LogP contribution in [0.25, 0.3) is 0 Å². The zero-order chi connectivity index (χ0) is 17.2. The minimum atomic E-state index is -0.584. The number of carbonyl (C=O) groups is 3. The van der Waals surface area contributed by atoms with E-state index in [-0.39, 0.29) is 29.6 Å². The van der Waals surface area contributed by atoms with Crippen molar-refractivity contribution >= 4 is 17.7 Å². The number of hydrogen-bond acceptors (Lipinski definition) is 5. The van der Waals surface area contributed by atoms with Gasteiger partial charge in [0.25, 0.3) is 5.91 Å². The highest BCUT2D eigenvalue weighted by molar-refractivity contribution is 6.05. The van der Waals surface area contributed by atoms with E-state index < -0.39 is 6.04 Å². The molecule has 1 atom stereocenters. The molecule has 0 bridgehead atoms. The Hall–Kier alpha value is -2.41. The molecule has 5 rings (SSSR count). The molecule has 25 heavy (non-hydrogen) atoms. The second-order valence-electron chi connectivity index (χ2n) is 7.55. The summed E-state index contributed by atoms with van der Waals surface area (Å²) in [5.74, 6) is 0.0110. The first-order valence-corrected chi connectivity index (χ1v) is 8.69. The van der Waals surface area contributed by atoms with Gasteiger partial charge in [-0.1, -0.05) is 6.07 Å². The summed E-state index contributed by atoms with van der Waals surface area (Å²) >= 11 is 0. The second kappa shape index (κ2) is 5.05. The van der Waals surface area contributed by atoms with Crippen LogP contribution in [-0.2, 0) is 22.6 Å². The lowest BCUT2D eigenvalue weighted by Gasteiger charge is -2.45. The Bertz CT molecular complexity index is 815. The van der Waals surface area contributed by atoms with Gasteiger partial charge < -0.3 is 15.0 Å². The van der Waals surface area contributed by atoms with Crippen molar-refractivity contribution in [2.24, 2.45) is 5.41 Å². The van der Waals surface area contributed by atoms with Crippen molar-refractivity contribution in [3.05, 3.63) is 28.8 Å². The fourth-order valence-corrected chi connectivity index (χ4v) is 4.37. The smallest absolute Gasteiger partial charge is 0.255 e. The first-order valence-electron chi connectivity index (χ1n) is 8.69. The van der Waals surface area contributed by atoms with E-state index in [1.165, 1.54) is 0 Å². The zero-order valence-corrected chi connectivity index (χ0v) is 13.8. The number of imide groups is 1. The van der Waals surface area contributed by atoms with Crippen molar-refractivity contribution < 1.29 is 19.1 Å². The molecule has 3 amide bonds. The largest absolute Gasteiger partial charge is 0.492 e. The summed E-state index contributed by atoms with van der Waals surface area (Å²) in [7, 11) is 0. The molecule has 7 heteroatoms. The molecule has 1 aromatic rings. The van der Waals surface area contributed by atoms with Crippen LogP contribution in [0.1, 0.15) is 34.3 Å². The molecule has 0 aliphatic carbocycles. The minimum Gasteiger partial charge on any atom is -0.492 e. The van der Waals surface area contributed by atoms with Crippen LogP contribution in [0.5, 0.6) is 5.75 Å². The molecule has 0 unspecified atom stereocenters. The summed E-state index contributed by atoms with van der Waals surface area (Å²) < 4.78 is 6.08. The molecule has 4 aliphatic rings. The molecule has 0 radical (unpaired) electrons. The summed E-state index contributed by atoms with van der Waals surface area (Å²) in [6, 6.07) is 3.26. The number of piperidine rings is 1. The van der Waals surface area contributed by atoms with E-state index in [1.807, 2.05) is 12.1 Å². The summed E-state index contributed by atoms with van der Waals surface area (Å²) in [5, 5.41) is 5.64. The Kier molecular flexibility index (Phi) is 3.01. The Labute approximate surface area is 144 Å². The van der Waals surface area contributed by atoms with Crippen molar-refractivity contribution in [1.29, 1.82) is 0 Å². The Morgan fingerprint density at radius 1 is 1.20 bits per heavy atom. The molecule has 7 nitrogen and oxygen atoms in total. The van der Waals surface area contributed by atoms with Crippen LogP contribution in [0, 0.1) is 5.41 Å². The van der Waals surface area contributed by atoms with Crippen LogP contribution < -0.4 is 15.4 Å². The molecule has 0 aromatic heterocycles. The molecular weight excluding hydrogens is 322 g/mol. The van der Waals surface area contributed by atoms with Crippen molar-refractivity contribution in [2.75, 3.05) is 19.7 Å². The van der Waals surface area contributed by atoms with E-state index in [1.54, 1.807) is 4.90 Å². The SMILES string of the molecule is O=C1CC[C@H](N2Cc3c(ccc4c3OCC3(CNC3)C4)C2=O)C(=O)N1. The fraction of sp³-hybridized carbons (Fsp3) is 0.500. The third-order valence-corrected chi connectivity index (χ3v) is 5.84. The van der Waals surface area contributed by atoms with E-state index in [4.69, 9.17) is 4.74 Å².